The Balaban J connectivity index is 2.39. The van der Waals surface area contributed by atoms with Crippen LogP contribution in [0.1, 0.15) is 33.6 Å². The monoisotopic (exact) mass is 214 g/mol. The van der Waals surface area contributed by atoms with Crippen LogP contribution in [0.5, 0.6) is 0 Å². The lowest BCUT2D eigenvalue weighted by Gasteiger charge is -2.33. The van der Waals surface area contributed by atoms with Gasteiger partial charge >= 0.3 is 0 Å². The number of ether oxygens (including phenoxy) is 1. The smallest absolute Gasteiger partial charge is 0.0619 e. The van der Waals surface area contributed by atoms with Gasteiger partial charge in [-0.1, -0.05) is 6.92 Å². The van der Waals surface area contributed by atoms with Gasteiger partial charge in [-0.3, -0.25) is 4.90 Å². The Morgan fingerprint density at radius 2 is 2.27 bits per heavy atom. The molecule has 0 aromatic rings. The van der Waals surface area contributed by atoms with E-state index in [1.165, 1.54) is 25.9 Å². The van der Waals surface area contributed by atoms with Gasteiger partial charge in [-0.25, -0.2) is 0 Å². The number of nitrogens with zero attached hydrogens (tertiary/aromatic N) is 1. The van der Waals surface area contributed by atoms with Gasteiger partial charge in [0.05, 0.1) is 6.61 Å². The maximum atomic E-state index is 5.52. The average Bonchev–Trinajstić information content (AvgIpc) is 2.75. The average molecular weight is 214 g/mol. The van der Waals surface area contributed by atoms with E-state index >= 15 is 0 Å². The van der Waals surface area contributed by atoms with Gasteiger partial charge in [-0.05, 0) is 39.8 Å². The van der Waals surface area contributed by atoms with Crippen LogP contribution in [0.15, 0.2) is 0 Å². The van der Waals surface area contributed by atoms with Crippen molar-refractivity contribution in [2.75, 3.05) is 32.8 Å². The van der Waals surface area contributed by atoms with E-state index in [1.54, 1.807) is 0 Å². The van der Waals surface area contributed by atoms with Crippen LogP contribution >= 0.6 is 0 Å². The molecule has 1 rings (SSSR count). The van der Waals surface area contributed by atoms with Gasteiger partial charge in [-0.2, -0.15) is 0 Å². The largest absolute Gasteiger partial charge is 0.380 e. The van der Waals surface area contributed by atoms with E-state index in [9.17, 15) is 0 Å². The van der Waals surface area contributed by atoms with Crippen molar-refractivity contribution in [3.05, 3.63) is 0 Å². The Kier molecular flexibility index (Phi) is 6.22. The molecule has 1 aliphatic heterocycles. The molecule has 0 amide bonds. The Hall–Kier alpha value is -0.120. The zero-order valence-electron chi connectivity index (χ0n) is 10.5. The van der Waals surface area contributed by atoms with E-state index < -0.39 is 0 Å². The Morgan fingerprint density at radius 3 is 2.80 bits per heavy atom. The van der Waals surface area contributed by atoms with Gasteiger partial charge in [0.1, 0.15) is 0 Å². The Labute approximate surface area is 94.2 Å². The van der Waals surface area contributed by atoms with Crippen LogP contribution in [0, 0.1) is 0 Å². The van der Waals surface area contributed by atoms with E-state index in [0.717, 1.165) is 25.8 Å². The van der Waals surface area contributed by atoms with Crippen molar-refractivity contribution in [3.63, 3.8) is 0 Å². The molecular formula is C12H26N2O. The van der Waals surface area contributed by atoms with Crippen molar-refractivity contribution in [2.24, 2.45) is 0 Å². The maximum absolute atomic E-state index is 5.52. The molecule has 1 aliphatic rings. The standard InChI is InChI=1S/C12H26N2O/c1-4-8-14(11(3)10-15-5-2)12-6-7-13-9-12/h11-13H,4-10H2,1-3H3. The van der Waals surface area contributed by atoms with Gasteiger partial charge in [0.15, 0.2) is 0 Å². The Morgan fingerprint density at radius 1 is 1.47 bits per heavy atom. The summed E-state index contributed by atoms with van der Waals surface area (Å²) >= 11 is 0. The van der Waals surface area contributed by atoms with Crippen LogP contribution < -0.4 is 5.32 Å². The molecule has 0 radical (unpaired) electrons. The van der Waals surface area contributed by atoms with Crippen molar-refractivity contribution in [1.82, 2.24) is 10.2 Å². The predicted molar refractivity (Wildman–Crippen MR) is 64.2 cm³/mol. The predicted octanol–water partition coefficient (Wildman–Crippen LogP) is 1.49. The van der Waals surface area contributed by atoms with Gasteiger partial charge in [0, 0.05) is 25.2 Å². The summed E-state index contributed by atoms with van der Waals surface area (Å²) in [4.78, 5) is 2.61. The first-order valence-corrected chi connectivity index (χ1v) is 6.33. The number of rotatable bonds is 7. The van der Waals surface area contributed by atoms with E-state index in [1.807, 2.05) is 0 Å². The van der Waals surface area contributed by atoms with E-state index in [0.29, 0.717) is 6.04 Å². The molecule has 3 heteroatoms. The summed E-state index contributed by atoms with van der Waals surface area (Å²) < 4.78 is 5.52. The van der Waals surface area contributed by atoms with Crippen LogP contribution in [0.2, 0.25) is 0 Å². The molecule has 90 valence electrons. The molecule has 0 aliphatic carbocycles. The molecule has 1 heterocycles. The summed E-state index contributed by atoms with van der Waals surface area (Å²) in [5.74, 6) is 0. The first kappa shape index (κ1) is 12.9. The summed E-state index contributed by atoms with van der Waals surface area (Å²) in [5, 5.41) is 3.44. The van der Waals surface area contributed by atoms with Crippen LogP contribution in [-0.4, -0.2) is 49.8 Å². The molecule has 0 bridgehead atoms. The fourth-order valence-corrected chi connectivity index (χ4v) is 2.33. The highest BCUT2D eigenvalue weighted by Crippen LogP contribution is 2.13. The summed E-state index contributed by atoms with van der Waals surface area (Å²) in [6.45, 7) is 11.8. The third-order valence-corrected chi connectivity index (χ3v) is 3.11. The minimum Gasteiger partial charge on any atom is -0.380 e. The van der Waals surface area contributed by atoms with E-state index in [-0.39, 0.29) is 0 Å². The lowest BCUT2D eigenvalue weighted by atomic mass is 10.1. The summed E-state index contributed by atoms with van der Waals surface area (Å²) in [6, 6.07) is 1.27. The quantitative estimate of drug-likeness (QED) is 0.695. The van der Waals surface area contributed by atoms with Gasteiger partial charge < -0.3 is 10.1 Å². The fraction of sp³-hybridized carbons (Fsp3) is 1.00. The van der Waals surface area contributed by atoms with Gasteiger partial charge in [0.25, 0.3) is 0 Å². The second kappa shape index (κ2) is 7.20. The molecule has 0 spiro atoms. The second-order valence-electron chi connectivity index (χ2n) is 4.39. The molecule has 1 saturated heterocycles. The SMILES string of the molecule is CCCN(C(C)COCC)C1CCNC1. The highest BCUT2D eigenvalue weighted by Gasteiger charge is 2.25. The minimum absolute atomic E-state index is 0.551. The molecule has 0 aromatic carbocycles. The number of hydrogen-bond acceptors (Lipinski definition) is 3. The normalized spacial score (nSPS) is 23.6. The highest BCUT2D eigenvalue weighted by molar-refractivity contribution is 4.83. The van der Waals surface area contributed by atoms with Crippen LogP contribution in [0.4, 0.5) is 0 Å². The highest BCUT2D eigenvalue weighted by atomic mass is 16.5. The minimum atomic E-state index is 0.551. The topological polar surface area (TPSA) is 24.5 Å². The zero-order chi connectivity index (χ0) is 11.1. The van der Waals surface area contributed by atoms with Crippen molar-refractivity contribution < 1.29 is 4.74 Å². The molecule has 1 N–H and O–H groups in total. The molecule has 0 aromatic heterocycles. The molecule has 2 atom stereocenters. The lowest BCUT2D eigenvalue weighted by Crippen LogP contribution is -2.45. The second-order valence-corrected chi connectivity index (χ2v) is 4.39. The van der Waals surface area contributed by atoms with Crippen molar-refractivity contribution in [2.45, 2.75) is 45.7 Å². The molecule has 3 nitrogen and oxygen atoms in total. The van der Waals surface area contributed by atoms with Crippen molar-refractivity contribution in [1.29, 1.82) is 0 Å². The van der Waals surface area contributed by atoms with E-state index in [2.05, 4.69) is 31.0 Å². The zero-order valence-corrected chi connectivity index (χ0v) is 10.5. The van der Waals surface area contributed by atoms with Crippen molar-refractivity contribution in [3.8, 4) is 0 Å². The maximum Gasteiger partial charge on any atom is 0.0619 e. The van der Waals surface area contributed by atoms with Gasteiger partial charge in [0.2, 0.25) is 0 Å². The van der Waals surface area contributed by atoms with E-state index in [4.69, 9.17) is 4.74 Å². The number of hydrogen-bond donors (Lipinski definition) is 1. The summed E-state index contributed by atoms with van der Waals surface area (Å²) in [6.07, 6.45) is 2.52. The molecule has 15 heavy (non-hydrogen) atoms. The summed E-state index contributed by atoms with van der Waals surface area (Å²) in [7, 11) is 0. The number of nitrogens with one attached hydrogen (secondary N) is 1. The summed E-state index contributed by atoms with van der Waals surface area (Å²) in [5.41, 5.74) is 0. The molecule has 0 saturated carbocycles. The molecular weight excluding hydrogens is 188 g/mol. The lowest BCUT2D eigenvalue weighted by molar-refractivity contribution is 0.0545. The molecule has 2 unspecified atom stereocenters. The van der Waals surface area contributed by atoms with Crippen LogP contribution in [0.25, 0.3) is 0 Å². The first-order valence-electron chi connectivity index (χ1n) is 6.33. The third kappa shape index (κ3) is 4.09. The van der Waals surface area contributed by atoms with Crippen LogP contribution in [0.3, 0.4) is 0 Å². The van der Waals surface area contributed by atoms with Gasteiger partial charge in [-0.15, -0.1) is 0 Å². The van der Waals surface area contributed by atoms with Crippen LogP contribution in [-0.2, 0) is 4.74 Å². The fourth-order valence-electron chi connectivity index (χ4n) is 2.33. The third-order valence-electron chi connectivity index (χ3n) is 3.11. The first-order chi connectivity index (χ1) is 7.29. The Bertz CT molecular complexity index is 158. The molecule has 1 fully saturated rings. The van der Waals surface area contributed by atoms with Crippen molar-refractivity contribution >= 4 is 0 Å².